The highest BCUT2D eigenvalue weighted by molar-refractivity contribution is 7.17. The van der Waals surface area contributed by atoms with E-state index in [1.54, 1.807) is 31.2 Å². The van der Waals surface area contributed by atoms with Gasteiger partial charge in [-0.1, -0.05) is 30.3 Å². The van der Waals surface area contributed by atoms with E-state index < -0.39 is 22.6 Å². The SMILES string of the molecule is CCOC(=O)C(C#N)c1nc(-c2ccccc2)sc1C(=O)c1ccc([N+](=O)[O-])cc1. The molecule has 3 rings (SSSR count). The molecular weight excluding hydrogens is 406 g/mol. The van der Waals surface area contributed by atoms with E-state index in [-0.39, 0.29) is 28.4 Å². The fraction of sp³-hybridized carbons (Fsp3) is 0.143. The topological polar surface area (TPSA) is 123 Å². The second kappa shape index (κ2) is 9.07. The van der Waals surface area contributed by atoms with Crippen molar-refractivity contribution in [2.45, 2.75) is 12.8 Å². The van der Waals surface area contributed by atoms with Gasteiger partial charge in [-0.3, -0.25) is 19.7 Å². The lowest BCUT2D eigenvalue weighted by Crippen LogP contribution is -2.17. The first-order valence-electron chi connectivity index (χ1n) is 8.87. The van der Waals surface area contributed by atoms with Crippen molar-refractivity contribution in [1.82, 2.24) is 4.98 Å². The summed E-state index contributed by atoms with van der Waals surface area (Å²) < 4.78 is 4.96. The molecule has 0 saturated heterocycles. The number of hydrogen-bond donors (Lipinski definition) is 0. The number of nitro groups is 1. The van der Waals surface area contributed by atoms with Crippen LogP contribution >= 0.6 is 11.3 Å². The van der Waals surface area contributed by atoms with Gasteiger partial charge in [0.1, 0.15) is 9.88 Å². The first-order chi connectivity index (χ1) is 14.5. The predicted octanol–water partition coefficient (Wildman–Crippen LogP) is 4.12. The average molecular weight is 421 g/mol. The molecule has 0 amide bonds. The zero-order valence-electron chi connectivity index (χ0n) is 15.8. The normalized spacial score (nSPS) is 11.3. The Morgan fingerprint density at radius 2 is 1.87 bits per heavy atom. The van der Waals surface area contributed by atoms with Crippen molar-refractivity contribution in [1.29, 1.82) is 5.26 Å². The van der Waals surface area contributed by atoms with Gasteiger partial charge in [-0.05, 0) is 19.1 Å². The molecule has 0 aliphatic carbocycles. The number of nitriles is 1. The number of aromatic nitrogens is 1. The maximum absolute atomic E-state index is 13.1. The Hall–Kier alpha value is -3.90. The van der Waals surface area contributed by atoms with E-state index in [0.717, 1.165) is 16.9 Å². The molecule has 30 heavy (non-hydrogen) atoms. The quantitative estimate of drug-likeness (QED) is 0.243. The van der Waals surface area contributed by atoms with Gasteiger partial charge in [0.2, 0.25) is 5.78 Å². The van der Waals surface area contributed by atoms with Crippen molar-refractivity contribution >= 4 is 28.8 Å². The molecule has 3 aromatic rings. The number of carbonyl (C=O) groups is 2. The van der Waals surface area contributed by atoms with Crippen LogP contribution in [0.5, 0.6) is 0 Å². The zero-order chi connectivity index (χ0) is 21.7. The van der Waals surface area contributed by atoms with Crippen molar-refractivity contribution in [3.05, 3.63) is 80.8 Å². The minimum atomic E-state index is -1.37. The Labute approximate surface area is 175 Å². The lowest BCUT2D eigenvalue weighted by atomic mass is 10.0. The number of ketones is 1. The van der Waals surface area contributed by atoms with Gasteiger partial charge >= 0.3 is 5.97 Å². The van der Waals surface area contributed by atoms with Crippen LogP contribution in [0.25, 0.3) is 10.6 Å². The van der Waals surface area contributed by atoms with Gasteiger partial charge in [0.25, 0.3) is 5.69 Å². The van der Waals surface area contributed by atoms with Gasteiger partial charge in [0.05, 0.1) is 23.3 Å². The maximum atomic E-state index is 13.1. The van der Waals surface area contributed by atoms with E-state index in [2.05, 4.69) is 4.98 Å². The predicted molar refractivity (Wildman–Crippen MR) is 109 cm³/mol. The third kappa shape index (κ3) is 4.24. The number of carbonyl (C=O) groups excluding carboxylic acids is 2. The Morgan fingerprint density at radius 1 is 1.20 bits per heavy atom. The maximum Gasteiger partial charge on any atom is 0.329 e. The van der Waals surface area contributed by atoms with Crippen LogP contribution in [0.4, 0.5) is 5.69 Å². The zero-order valence-corrected chi connectivity index (χ0v) is 16.6. The van der Waals surface area contributed by atoms with Crippen molar-refractivity contribution < 1.29 is 19.2 Å². The molecule has 8 nitrogen and oxygen atoms in total. The summed E-state index contributed by atoms with van der Waals surface area (Å²) in [6.07, 6.45) is 0. The Bertz CT molecular complexity index is 1130. The molecule has 1 unspecified atom stereocenters. The van der Waals surface area contributed by atoms with E-state index in [1.807, 2.05) is 12.1 Å². The lowest BCUT2D eigenvalue weighted by Gasteiger charge is -2.08. The summed E-state index contributed by atoms with van der Waals surface area (Å²) in [4.78, 5) is 40.2. The van der Waals surface area contributed by atoms with Gasteiger partial charge < -0.3 is 4.74 Å². The fourth-order valence-electron chi connectivity index (χ4n) is 2.71. The number of thiazole rings is 1. The molecule has 150 valence electrons. The fourth-order valence-corrected chi connectivity index (χ4v) is 3.78. The van der Waals surface area contributed by atoms with E-state index in [9.17, 15) is 25.0 Å². The summed E-state index contributed by atoms with van der Waals surface area (Å²) >= 11 is 1.05. The van der Waals surface area contributed by atoms with E-state index in [0.29, 0.717) is 5.01 Å². The van der Waals surface area contributed by atoms with Crippen LogP contribution in [-0.2, 0) is 9.53 Å². The van der Waals surface area contributed by atoms with Crippen LogP contribution in [0.3, 0.4) is 0 Å². The standard InChI is InChI=1S/C21H15N3O5S/c1-2-29-21(26)16(12-22)17-19(30-20(23-17)14-6-4-3-5-7-14)18(25)13-8-10-15(11-9-13)24(27)28/h3-11,16H,2H2,1H3. The van der Waals surface area contributed by atoms with Crippen LogP contribution in [0.2, 0.25) is 0 Å². The van der Waals surface area contributed by atoms with Gasteiger partial charge in [0.15, 0.2) is 5.92 Å². The van der Waals surface area contributed by atoms with Gasteiger partial charge in [0, 0.05) is 23.3 Å². The lowest BCUT2D eigenvalue weighted by molar-refractivity contribution is -0.384. The number of nitro benzene ring substituents is 1. The third-order valence-electron chi connectivity index (χ3n) is 4.15. The van der Waals surface area contributed by atoms with Crippen LogP contribution < -0.4 is 0 Å². The number of esters is 1. The van der Waals surface area contributed by atoms with Crippen molar-refractivity contribution in [3.63, 3.8) is 0 Å². The number of ether oxygens (including phenoxy) is 1. The van der Waals surface area contributed by atoms with E-state index >= 15 is 0 Å². The molecule has 0 bridgehead atoms. The Morgan fingerprint density at radius 3 is 2.43 bits per heavy atom. The van der Waals surface area contributed by atoms with Crippen LogP contribution in [0.1, 0.15) is 33.8 Å². The van der Waals surface area contributed by atoms with Gasteiger partial charge in [-0.2, -0.15) is 5.26 Å². The number of rotatable bonds is 7. The molecule has 1 heterocycles. The molecule has 9 heteroatoms. The molecule has 0 fully saturated rings. The number of non-ortho nitro benzene ring substituents is 1. The monoisotopic (exact) mass is 421 g/mol. The smallest absolute Gasteiger partial charge is 0.329 e. The number of hydrogen-bond acceptors (Lipinski definition) is 8. The Balaban J connectivity index is 2.10. The largest absolute Gasteiger partial charge is 0.465 e. The molecule has 2 aromatic carbocycles. The number of benzene rings is 2. The van der Waals surface area contributed by atoms with Crippen molar-refractivity contribution in [3.8, 4) is 16.6 Å². The second-order valence-electron chi connectivity index (χ2n) is 6.05. The molecule has 0 N–H and O–H groups in total. The van der Waals surface area contributed by atoms with Crippen molar-refractivity contribution in [2.75, 3.05) is 6.61 Å². The molecule has 1 atom stereocenters. The molecule has 1 aromatic heterocycles. The summed E-state index contributed by atoms with van der Waals surface area (Å²) in [5, 5.41) is 20.9. The first kappa shape index (κ1) is 20.8. The summed E-state index contributed by atoms with van der Waals surface area (Å²) in [6.45, 7) is 1.70. The molecule has 0 radical (unpaired) electrons. The van der Waals surface area contributed by atoms with Crippen LogP contribution in [0, 0.1) is 21.4 Å². The Kier molecular flexibility index (Phi) is 6.29. The highest BCUT2D eigenvalue weighted by atomic mass is 32.1. The van der Waals surface area contributed by atoms with Crippen LogP contribution in [-0.4, -0.2) is 28.3 Å². The van der Waals surface area contributed by atoms with Crippen LogP contribution in [0.15, 0.2) is 54.6 Å². The third-order valence-corrected chi connectivity index (χ3v) is 5.26. The van der Waals surface area contributed by atoms with E-state index in [4.69, 9.17) is 4.74 Å². The van der Waals surface area contributed by atoms with Crippen molar-refractivity contribution in [2.24, 2.45) is 0 Å². The molecule has 0 saturated carbocycles. The number of nitrogens with zero attached hydrogens (tertiary/aromatic N) is 3. The van der Waals surface area contributed by atoms with Gasteiger partial charge in [-0.15, -0.1) is 11.3 Å². The molecular formula is C21H15N3O5S. The highest BCUT2D eigenvalue weighted by Crippen LogP contribution is 2.34. The molecule has 0 aliphatic rings. The minimum Gasteiger partial charge on any atom is -0.465 e. The summed E-state index contributed by atoms with van der Waals surface area (Å²) in [6, 6.07) is 16.0. The first-order valence-corrected chi connectivity index (χ1v) is 9.69. The average Bonchev–Trinajstić information content (AvgIpc) is 3.19. The minimum absolute atomic E-state index is 0.0168. The second-order valence-corrected chi connectivity index (χ2v) is 7.05. The van der Waals surface area contributed by atoms with E-state index in [1.165, 1.54) is 24.3 Å². The highest BCUT2D eigenvalue weighted by Gasteiger charge is 2.32. The molecule has 0 spiro atoms. The molecule has 0 aliphatic heterocycles. The van der Waals surface area contributed by atoms with Gasteiger partial charge in [-0.25, -0.2) is 4.98 Å². The summed E-state index contributed by atoms with van der Waals surface area (Å²) in [7, 11) is 0. The summed E-state index contributed by atoms with van der Waals surface area (Å²) in [5.74, 6) is -2.64. The summed E-state index contributed by atoms with van der Waals surface area (Å²) in [5.41, 5.74) is 0.781.